The SMILES string of the molecule is COc1ccc(-c2ccc(N=[N+]=[N-])c(-c3ccc(OC)nc3)n2)cc1. The van der Waals surface area contributed by atoms with Crippen molar-refractivity contribution in [2.75, 3.05) is 14.2 Å². The summed E-state index contributed by atoms with van der Waals surface area (Å²) in [5.74, 6) is 1.27. The van der Waals surface area contributed by atoms with Crippen molar-refractivity contribution in [1.82, 2.24) is 9.97 Å². The molecule has 0 fully saturated rings. The van der Waals surface area contributed by atoms with Crippen LogP contribution in [0.15, 0.2) is 59.8 Å². The van der Waals surface area contributed by atoms with Crippen LogP contribution in [0.4, 0.5) is 5.69 Å². The van der Waals surface area contributed by atoms with E-state index in [0.29, 0.717) is 17.3 Å². The molecule has 0 N–H and O–H groups in total. The highest BCUT2D eigenvalue weighted by Gasteiger charge is 2.10. The summed E-state index contributed by atoms with van der Waals surface area (Å²) in [6.45, 7) is 0. The third kappa shape index (κ3) is 3.52. The van der Waals surface area contributed by atoms with E-state index in [1.807, 2.05) is 36.4 Å². The Balaban J connectivity index is 2.08. The lowest BCUT2D eigenvalue weighted by atomic mass is 10.1. The van der Waals surface area contributed by atoms with Crippen LogP contribution in [0.1, 0.15) is 0 Å². The van der Waals surface area contributed by atoms with Gasteiger partial charge in [-0.15, -0.1) is 0 Å². The van der Waals surface area contributed by atoms with Gasteiger partial charge in [0.1, 0.15) is 5.75 Å². The van der Waals surface area contributed by atoms with Crippen molar-refractivity contribution in [2.45, 2.75) is 0 Å². The second kappa shape index (κ2) is 7.33. The molecule has 0 unspecified atom stereocenters. The molecule has 0 amide bonds. The van der Waals surface area contributed by atoms with Gasteiger partial charge in [0.25, 0.3) is 0 Å². The number of ether oxygens (including phenoxy) is 2. The molecular weight excluding hydrogens is 318 g/mol. The molecule has 0 bridgehead atoms. The molecule has 7 nitrogen and oxygen atoms in total. The number of benzene rings is 1. The van der Waals surface area contributed by atoms with Crippen LogP contribution in [0, 0.1) is 0 Å². The fourth-order valence-electron chi connectivity index (χ4n) is 2.36. The quantitative estimate of drug-likeness (QED) is 0.382. The highest BCUT2D eigenvalue weighted by atomic mass is 16.5. The zero-order chi connectivity index (χ0) is 17.6. The van der Waals surface area contributed by atoms with Gasteiger partial charge >= 0.3 is 0 Å². The summed E-state index contributed by atoms with van der Waals surface area (Å²) in [7, 11) is 3.17. The minimum Gasteiger partial charge on any atom is -0.497 e. The van der Waals surface area contributed by atoms with Gasteiger partial charge in [0.05, 0.1) is 31.3 Å². The highest BCUT2D eigenvalue weighted by molar-refractivity contribution is 5.75. The van der Waals surface area contributed by atoms with Crippen LogP contribution >= 0.6 is 0 Å². The van der Waals surface area contributed by atoms with Gasteiger partial charge in [-0.05, 0) is 48.0 Å². The van der Waals surface area contributed by atoms with E-state index >= 15 is 0 Å². The molecule has 3 aromatic rings. The number of hydrogen-bond donors (Lipinski definition) is 0. The van der Waals surface area contributed by atoms with Gasteiger partial charge in [-0.3, -0.25) is 0 Å². The van der Waals surface area contributed by atoms with E-state index in [2.05, 4.69) is 20.0 Å². The average Bonchev–Trinajstić information content (AvgIpc) is 2.69. The molecule has 2 aromatic heterocycles. The predicted octanol–water partition coefficient (Wildman–Crippen LogP) is 4.77. The van der Waals surface area contributed by atoms with Gasteiger partial charge in [-0.25, -0.2) is 9.97 Å². The molecule has 0 spiro atoms. The first-order chi connectivity index (χ1) is 12.2. The van der Waals surface area contributed by atoms with E-state index in [4.69, 9.17) is 15.0 Å². The largest absolute Gasteiger partial charge is 0.497 e. The van der Waals surface area contributed by atoms with Gasteiger partial charge < -0.3 is 9.47 Å². The summed E-state index contributed by atoms with van der Waals surface area (Å²) < 4.78 is 10.2. The number of azide groups is 1. The lowest BCUT2D eigenvalue weighted by Crippen LogP contribution is -1.92. The normalized spacial score (nSPS) is 10.0. The van der Waals surface area contributed by atoms with Crippen molar-refractivity contribution in [3.8, 4) is 34.1 Å². The molecule has 0 aliphatic carbocycles. The van der Waals surface area contributed by atoms with E-state index in [0.717, 1.165) is 22.6 Å². The van der Waals surface area contributed by atoms with Crippen LogP contribution in [0.25, 0.3) is 33.0 Å². The summed E-state index contributed by atoms with van der Waals surface area (Å²) >= 11 is 0. The molecular formula is C18H15N5O2. The molecule has 2 heterocycles. The lowest BCUT2D eigenvalue weighted by Gasteiger charge is -2.09. The molecule has 0 radical (unpaired) electrons. The zero-order valence-corrected chi connectivity index (χ0v) is 13.7. The van der Waals surface area contributed by atoms with Crippen LogP contribution < -0.4 is 9.47 Å². The Bertz CT molecular complexity index is 917. The van der Waals surface area contributed by atoms with E-state index in [9.17, 15) is 0 Å². The standard InChI is InChI=1S/C18H15N5O2/c1-24-14-6-3-12(4-7-14)15-8-9-16(22-23-19)18(21-15)13-5-10-17(25-2)20-11-13/h3-11H,1-2H3. The van der Waals surface area contributed by atoms with Crippen LogP contribution in [0.3, 0.4) is 0 Å². The Kier molecular flexibility index (Phi) is 4.78. The smallest absolute Gasteiger partial charge is 0.212 e. The molecule has 0 atom stereocenters. The van der Waals surface area contributed by atoms with Gasteiger partial charge in [-0.2, -0.15) is 0 Å². The highest BCUT2D eigenvalue weighted by Crippen LogP contribution is 2.32. The topological polar surface area (TPSA) is 93.0 Å². The maximum Gasteiger partial charge on any atom is 0.212 e. The summed E-state index contributed by atoms with van der Waals surface area (Å²) in [4.78, 5) is 11.7. The first-order valence-electron chi connectivity index (χ1n) is 7.46. The minimum absolute atomic E-state index is 0.437. The van der Waals surface area contributed by atoms with Gasteiger partial charge in [0.15, 0.2) is 0 Å². The Morgan fingerprint density at radius 3 is 2.28 bits per heavy atom. The molecule has 7 heteroatoms. The summed E-state index contributed by atoms with van der Waals surface area (Å²) in [6.07, 6.45) is 1.63. The third-order valence-electron chi connectivity index (χ3n) is 3.63. The predicted molar refractivity (Wildman–Crippen MR) is 94.8 cm³/mol. The van der Waals surface area contributed by atoms with Gasteiger partial charge in [0, 0.05) is 28.3 Å². The summed E-state index contributed by atoms with van der Waals surface area (Å²) in [5, 5.41) is 3.73. The first kappa shape index (κ1) is 16.3. The van der Waals surface area contributed by atoms with Crippen molar-refractivity contribution in [3.63, 3.8) is 0 Å². The van der Waals surface area contributed by atoms with Crippen molar-refractivity contribution >= 4 is 5.69 Å². The molecule has 124 valence electrons. The molecule has 3 rings (SSSR count). The summed E-state index contributed by atoms with van der Waals surface area (Å²) in [5.41, 5.74) is 12.2. The average molecular weight is 333 g/mol. The van der Waals surface area contributed by atoms with E-state index < -0.39 is 0 Å². The second-order valence-corrected chi connectivity index (χ2v) is 5.07. The number of hydrogen-bond acceptors (Lipinski definition) is 5. The fraction of sp³-hybridized carbons (Fsp3) is 0.111. The van der Waals surface area contributed by atoms with E-state index in [-0.39, 0.29) is 0 Å². The molecule has 1 aromatic carbocycles. The molecule has 0 saturated carbocycles. The van der Waals surface area contributed by atoms with E-state index in [1.54, 1.807) is 32.5 Å². The molecule has 0 saturated heterocycles. The molecule has 0 aliphatic heterocycles. The van der Waals surface area contributed by atoms with Crippen LogP contribution in [-0.2, 0) is 0 Å². The minimum atomic E-state index is 0.437. The molecule has 25 heavy (non-hydrogen) atoms. The summed E-state index contributed by atoms with van der Waals surface area (Å²) in [6, 6.07) is 14.7. The monoisotopic (exact) mass is 333 g/mol. The Morgan fingerprint density at radius 1 is 0.920 bits per heavy atom. The third-order valence-corrected chi connectivity index (χ3v) is 3.63. The zero-order valence-electron chi connectivity index (χ0n) is 13.7. The van der Waals surface area contributed by atoms with Crippen molar-refractivity contribution in [1.29, 1.82) is 0 Å². The van der Waals surface area contributed by atoms with Crippen LogP contribution in [0.2, 0.25) is 0 Å². The number of nitrogens with zero attached hydrogens (tertiary/aromatic N) is 5. The van der Waals surface area contributed by atoms with Crippen molar-refractivity contribution < 1.29 is 9.47 Å². The number of pyridine rings is 2. The Morgan fingerprint density at radius 2 is 1.68 bits per heavy atom. The lowest BCUT2D eigenvalue weighted by molar-refractivity contribution is 0.398. The first-order valence-corrected chi connectivity index (χ1v) is 7.46. The van der Waals surface area contributed by atoms with Crippen molar-refractivity contribution in [2.24, 2.45) is 5.11 Å². The number of rotatable bonds is 5. The Labute approximate surface area is 144 Å². The van der Waals surface area contributed by atoms with Crippen LogP contribution in [-0.4, -0.2) is 24.2 Å². The van der Waals surface area contributed by atoms with E-state index in [1.165, 1.54) is 0 Å². The molecule has 0 aliphatic rings. The van der Waals surface area contributed by atoms with Gasteiger partial charge in [0.2, 0.25) is 5.88 Å². The fourth-order valence-corrected chi connectivity index (χ4v) is 2.36. The van der Waals surface area contributed by atoms with Crippen molar-refractivity contribution in [3.05, 3.63) is 65.2 Å². The van der Waals surface area contributed by atoms with Crippen LogP contribution in [0.5, 0.6) is 11.6 Å². The number of methoxy groups -OCH3 is 2. The maximum absolute atomic E-state index is 8.80. The maximum atomic E-state index is 8.80. The Hall–Kier alpha value is -3.57. The number of aromatic nitrogens is 2. The second-order valence-electron chi connectivity index (χ2n) is 5.07. The van der Waals surface area contributed by atoms with Gasteiger partial charge in [-0.1, -0.05) is 5.11 Å².